The molecule has 180 valence electrons. The standard InChI is InChI=1S/C26H26N4O4S/c1-3-6-17-9-11-18(12-10-17)26(2)24(32)29(25(33)27-26)16-23(31)30-20(21-7-4-13-34-21)15-19(28-30)22-8-5-14-35-22/h4-5,7-14,20H,3,6,15-16H2,1-2H3,(H,27,33). The van der Waals surface area contributed by atoms with Gasteiger partial charge in [0.1, 0.15) is 23.9 Å². The number of aryl methyl sites for hydroxylation is 1. The summed E-state index contributed by atoms with van der Waals surface area (Å²) < 4.78 is 5.57. The summed E-state index contributed by atoms with van der Waals surface area (Å²) >= 11 is 1.54. The lowest BCUT2D eigenvalue weighted by molar-refractivity contribution is -0.140. The first-order valence-electron chi connectivity index (χ1n) is 11.6. The van der Waals surface area contributed by atoms with Crippen LogP contribution in [0.5, 0.6) is 0 Å². The largest absolute Gasteiger partial charge is 0.467 e. The third kappa shape index (κ3) is 4.16. The van der Waals surface area contributed by atoms with Gasteiger partial charge in [-0.05, 0) is 48.1 Å². The highest BCUT2D eigenvalue weighted by molar-refractivity contribution is 7.12. The molecule has 8 nitrogen and oxygen atoms in total. The number of urea groups is 1. The molecule has 4 amide bonds. The quantitative estimate of drug-likeness (QED) is 0.496. The highest BCUT2D eigenvalue weighted by Crippen LogP contribution is 2.35. The van der Waals surface area contributed by atoms with Crippen LogP contribution in [0.2, 0.25) is 0 Å². The maximum Gasteiger partial charge on any atom is 0.325 e. The maximum atomic E-state index is 13.4. The molecule has 2 aromatic heterocycles. The average molecular weight is 491 g/mol. The third-order valence-electron chi connectivity index (χ3n) is 6.48. The van der Waals surface area contributed by atoms with Crippen molar-refractivity contribution >= 4 is 34.9 Å². The number of nitrogens with zero attached hydrogens (tertiary/aromatic N) is 3. The monoisotopic (exact) mass is 490 g/mol. The Kier molecular flexibility index (Phi) is 6.02. The molecule has 4 heterocycles. The van der Waals surface area contributed by atoms with Gasteiger partial charge in [0, 0.05) is 6.42 Å². The van der Waals surface area contributed by atoms with Crippen LogP contribution >= 0.6 is 11.3 Å². The second-order valence-corrected chi connectivity index (χ2v) is 9.84. The van der Waals surface area contributed by atoms with E-state index < -0.39 is 36.0 Å². The molecule has 1 aromatic carbocycles. The van der Waals surface area contributed by atoms with Crippen molar-refractivity contribution in [3.8, 4) is 0 Å². The molecule has 1 saturated heterocycles. The highest BCUT2D eigenvalue weighted by Gasteiger charge is 2.50. The molecule has 35 heavy (non-hydrogen) atoms. The van der Waals surface area contributed by atoms with Gasteiger partial charge in [0.2, 0.25) is 0 Å². The van der Waals surface area contributed by atoms with Crippen LogP contribution < -0.4 is 5.32 Å². The molecular formula is C26H26N4O4S. The molecule has 3 aromatic rings. The molecule has 2 aliphatic heterocycles. The minimum atomic E-state index is -1.24. The minimum Gasteiger partial charge on any atom is -0.467 e. The fourth-order valence-electron chi connectivity index (χ4n) is 4.57. The van der Waals surface area contributed by atoms with Crippen molar-refractivity contribution in [3.05, 3.63) is 81.9 Å². The zero-order valence-electron chi connectivity index (χ0n) is 19.6. The first-order chi connectivity index (χ1) is 16.9. The first-order valence-corrected chi connectivity index (χ1v) is 12.5. The van der Waals surface area contributed by atoms with Crippen LogP contribution in [-0.4, -0.2) is 40.0 Å². The molecule has 0 saturated carbocycles. The fourth-order valence-corrected chi connectivity index (χ4v) is 5.29. The number of hydrogen-bond acceptors (Lipinski definition) is 6. The number of furan rings is 1. The molecule has 2 atom stereocenters. The number of rotatable bonds is 7. The zero-order chi connectivity index (χ0) is 24.6. The minimum absolute atomic E-state index is 0.410. The number of hydrogen-bond donors (Lipinski definition) is 1. The molecule has 9 heteroatoms. The van der Waals surface area contributed by atoms with Crippen LogP contribution in [0.1, 0.15) is 54.5 Å². The van der Waals surface area contributed by atoms with Gasteiger partial charge in [-0.15, -0.1) is 11.3 Å². The Morgan fingerprint density at radius 1 is 1.20 bits per heavy atom. The Morgan fingerprint density at radius 2 is 2.00 bits per heavy atom. The lowest BCUT2D eigenvalue weighted by Gasteiger charge is -2.24. The van der Waals surface area contributed by atoms with Gasteiger partial charge in [-0.3, -0.25) is 14.5 Å². The molecular weight excluding hydrogens is 464 g/mol. The number of imide groups is 1. The van der Waals surface area contributed by atoms with Crippen molar-refractivity contribution in [1.82, 2.24) is 15.2 Å². The predicted octanol–water partition coefficient (Wildman–Crippen LogP) is 4.44. The van der Waals surface area contributed by atoms with E-state index in [2.05, 4.69) is 17.3 Å². The van der Waals surface area contributed by atoms with Crippen LogP contribution in [-0.2, 0) is 21.5 Å². The Hall–Kier alpha value is -3.72. The van der Waals surface area contributed by atoms with Gasteiger partial charge in [0.15, 0.2) is 0 Å². The summed E-state index contributed by atoms with van der Waals surface area (Å²) in [6, 6.07) is 14.1. The number of carbonyl (C=O) groups excluding carboxylic acids is 3. The van der Waals surface area contributed by atoms with E-state index in [0.717, 1.165) is 28.3 Å². The molecule has 2 aliphatic rings. The molecule has 0 bridgehead atoms. The summed E-state index contributed by atoms with van der Waals surface area (Å²) in [5.41, 5.74) is 1.38. The Labute approximate surface area is 207 Å². The summed E-state index contributed by atoms with van der Waals surface area (Å²) in [6.07, 6.45) is 4.00. The van der Waals surface area contributed by atoms with E-state index in [1.807, 2.05) is 41.8 Å². The Bertz CT molecular complexity index is 1270. The van der Waals surface area contributed by atoms with E-state index in [0.29, 0.717) is 17.7 Å². The molecule has 2 unspecified atom stereocenters. The lowest BCUT2D eigenvalue weighted by atomic mass is 9.91. The molecule has 1 fully saturated rings. The van der Waals surface area contributed by atoms with Gasteiger partial charge in [-0.1, -0.05) is 43.7 Å². The lowest BCUT2D eigenvalue weighted by Crippen LogP contribution is -2.43. The Morgan fingerprint density at radius 3 is 2.66 bits per heavy atom. The summed E-state index contributed by atoms with van der Waals surface area (Å²) in [5.74, 6) is -0.317. The topological polar surface area (TPSA) is 95.2 Å². The van der Waals surface area contributed by atoms with E-state index in [-0.39, 0.29) is 0 Å². The van der Waals surface area contributed by atoms with E-state index >= 15 is 0 Å². The normalized spacial score (nSPS) is 22.0. The number of amides is 4. The number of hydrazone groups is 1. The zero-order valence-corrected chi connectivity index (χ0v) is 20.4. The molecule has 0 aliphatic carbocycles. The van der Waals surface area contributed by atoms with E-state index in [1.165, 1.54) is 10.6 Å². The van der Waals surface area contributed by atoms with E-state index in [9.17, 15) is 14.4 Å². The number of thiophene rings is 1. The van der Waals surface area contributed by atoms with Gasteiger partial charge < -0.3 is 9.73 Å². The second kappa shape index (κ2) is 9.14. The van der Waals surface area contributed by atoms with Crippen molar-refractivity contribution in [2.45, 2.75) is 44.7 Å². The summed E-state index contributed by atoms with van der Waals surface area (Å²) in [4.78, 5) is 41.5. The van der Waals surface area contributed by atoms with E-state index in [4.69, 9.17) is 4.42 Å². The first kappa shape index (κ1) is 23.0. The van der Waals surface area contributed by atoms with Gasteiger partial charge in [0.25, 0.3) is 11.8 Å². The molecule has 1 N–H and O–H groups in total. The summed E-state index contributed by atoms with van der Waals surface area (Å²) in [7, 11) is 0. The molecule has 0 spiro atoms. The third-order valence-corrected chi connectivity index (χ3v) is 7.40. The number of carbonyl (C=O) groups is 3. The van der Waals surface area contributed by atoms with Crippen LogP contribution in [0.15, 0.2) is 69.7 Å². The fraction of sp³-hybridized carbons (Fsp3) is 0.308. The van der Waals surface area contributed by atoms with Crippen LogP contribution in [0.4, 0.5) is 4.79 Å². The second-order valence-electron chi connectivity index (χ2n) is 8.89. The molecule has 0 radical (unpaired) electrons. The van der Waals surface area contributed by atoms with Crippen molar-refractivity contribution < 1.29 is 18.8 Å². The Balaban J connectivity index is 1.37. The highest BCUT2D eigenvalue weighted by atomic mass is 32.1. The van der Waals surface area contributed by atoms with Gasteiger partial charge >= 0.3 is 6.03 Å². The predicted molar refractivity (Wildman–Crippen MR) is 132 cm³/mol. The summed E-state index contributed by atoms with van der Waals surface area (Å²) in [6.45, 7) is 3.36. The van der Waals surface area contributed by atoms with Crippen LogP contribution in [0.25, 0.3) is 0 Å². The van der Waals surface area contributed by atoms with Gasteiger partial charge in [-0.2, -0.15) is 5.10 Å². The van der Waals surface area contributed by atoms with Crippen molar-refractivity contribution in [1.29, 1.82) is 0 Å². The average Bonchev–Trinajstić information content (AvgIpc) is 3.64. The maximum absolute atomic E-state index is 13.4. The van der Waals surface area contributed by atoms with Crippen molar-refractivity contribution in [2.75, 3.05) is 6.54 Å². The van der Waals surface area contributed by atoms with Crippen molar-refractivity contribution in [3.63, 3.8) is 0 Å². The number of benzene rings is 1. The smallest absolute Gasteiger partial charge is 0.325 e. The molecule has 5 rings (SSSR count). The summed E-state index contributed by atoms with van der Waals surface area (Å²) in [5, 5.41) is 10.6. The number of nitrogens with one attached hydrogen (secondary N) is 1. The van der Waals surface area contributed by atoms with Crippen molar-refractivity contribution in [2.24, 2.45) is 5.10 Å². The van der Waals surface area contributed by atoms with Gasteiger partial charge in [-0.25, -0.2) is 9.80 Å². The van der Waals surface area contributed by atoms with Gasteiger partial charge in [0.05, 0.1) is 16.9 Å². The van der Waals surface area contributed by atoms with E-state index in [1.54, 1.807) is 36.7 Å². The SMILES string of the molecule is CCCc1ccc(C2(C)NC(=O)N(CC(=O)N3N=C(c4cccs4)CC3c3ccco3)C2=O)cc1. The van der Waals surface area contributed by atoms with Crippen LogP contribution in [0, 0.1) is 0 Å². The van der Waals surface area contributed by atoms with Crippen LogP contribution in [0.3, 0.4) is 0 Å².